The van der Waals surface area contributed by atoms with Crippen molar-refractivity contribution in [1.29, 1.82) is 0 Å². The molecule has 0 aliphatic heterocycles. The first kappa shape index (κ1) is 29.2. The SMILES string of the molecule is COc1cccc(Cc2nn(C)c([N+](=O)[O-])c2C[C@H](N=C(c2ccccc2)c2ccccc2)C(=O)OC(C)(C)C)c1. The predicted molar refractivity (Wildman–Crippen MR) is 158 cm³/mol. The second-order valence-corrected chi connectivity index (χ2v) is 10.6. The number of esters is 1. The number of aliphatic imine (C=N–C) groups is 1. The van der Waals surface area contributed by atoms with Gasteiger partial charge in [0.2, 0.25) is 0 Å². The molecule has 1 aromatic heterocycles. The fourth-order valence-electron chi connectivity index (χ4n) is 4.58. The van der Waals surface area contributed by atoms with E-state index in [2.05, 4.69) is 5.10 Å². The van der Waals surface area contributed by atoms with Crippen LogP contribution in [0, 0.1) is 10.1 Å². The summed E-state index contributed by atoms with van der Waals surface area (Å²) in [5.74, 6) is -0.0963. The Balaban J connectivity index is 1.85. The Labute approximate surface area is 239 Å². The van der Waals surface area contributed by atoms with Gasteiger partial charge in [-0.3, -0.25) is 4.99 Å². The summed E-state index contributed by atoms with van der Waals surface area (Å²) in [6.45, 7) is 5.34. The molecule has 0 amide bonds. The first-order chi connectivity index (χ1) is 19.6. The lowest BCUT2D eigenvalue weighted by atomic mass is 9.99. The van der Waals surface area contributed by atoms with Crippen molar-refractivity contribution in [2.75, 3.05) is 7.11 Å². The summed E-state index contributed by atoms with van der Waals surface area (Å²) in [5.41, 5.74) is 3.11. The maximum Gasteiger partial charge on any atom is 0.348 e. The highest BCUT2D eigenvalue weighted by atomic mass is 16.6. The van der Waals surface area contributed by atoms with Crippen LogP contribution in [0.3, 0.4) is 0 Å². The van der Waals surface area contributed by atoms with E-state index in [1.165, 1.54) is 11.7 Å². The maximum absolute atomic E-state index is 13.7. The maximum atomic E-state index is 13.7. The summed E-state index contributed by atoms with van der Waals surface area (Å²) >= 11 is 0. The zero-order valence-electron chi connectivity index (χ0n) is 23.9. The molecule has 0 radical (unpaired) electrons. The standard InChI is InChI=1S/C32H34N4O5/c1-32(2,3)41-31(37)28(33-29(23-14-8-6-9-15-23)24-16-10-7-11-17-24)21-26-27(34-35(4)30(26)36(38)39)20-22-13-12-18-25(19-22)40-5/h6-19,28H,20-21H2,1-5H3/t28-/m0/s1. The number of carbonyl (C=O) groups is 1. The Hall–Kier alpha value is -4.79. The van der Waals surface area contributed by atoms with Gasteiger partial charge in [0.15, 0.2) is 6.04 Å². The Morgan fingerprint density at radius 1 is 1.00 bits per heavy atom. The molecule has 0 bridgehead atoms. The number of carbonyl (C=O) groups excluding carboxylic acids is 1. The van der Waals surface area contributed by atoms with Crippen molar-refractivity contribution in [3.05, 3.63) is 123 Å². The van der Waals surface area contributed by atoms with E-state index in [1.54, 1.807) is 27.9 Å². The first-order valence-corrected chi connectivity index (χ1v) is 13.3. The van der Waals surface area contributed by atoms with E-state index >= 15 is 0 Å². The van der Waals surface area contributed by atoms with E-state index in [0.29, 0.717) is 29.1 Å². The van der Waals surface area contributed by atoms with Crippen LogP contribution in [0.2, 0.25) is 0 Å². The van der Waals surface area contributed by atoms with Gasteiger partial charge in [-0.25, -0.2) is 4.79 Å². The molecular formula is C32H34N4O5. The van der Waals surface area contributed by atoms with Gasteiger partial charge in [-0.2, -0.15) is 0 Å². The fourth-order valence-corrected chi connectivity index (χ4v) is 4.58. The fraction of sp³-hybridized carbons (Fsp3) is 0.281. The van der Waals surface area contributed by atoms with Crippen LogP contribution in [0.1, 0.15) is 48.7 Å². The number of methoxy groups -OCH3 is 1. The molecule has 0 saturated heterocycles. The number of ether oxygens (including phenoxy) is 2. The van der Waals surface area contributed by atoms with Crippen molar-refractivity contribution >= 4 is 17.5 Å². The number of hydrogen-bond donors (Lipinski definition) is 0. The van der Waals surface area contributed by atoms with Crippen LogP contribution >= 0.6 is 0 Å². The highest BCUT2D eigenvalue weighted by Crippen LogP contribution is 2.28. The Bertz CT molecular complexity index is 1500. The molecule has 212 valence electrons. The zero-order chi connectivity index (χ0) is 29.6. The lowest BCUT2D eigenvalue weighted by molar-refractivity contribution is -0.393. The summed E-state index contributed by atoms with van der Waals surface area (Å²) in [6.07, 6.45) is 0.241. The van der Waals surface area contributed by atoms with Gasteiger partial charge in [0.1, 0.15) is 18.4 Å². The van der Waals surface area contributed by atoms with E-state index in [4.69, 9.17) is 14.5 Å². The van der Waals surface area contributed by atoms with Gasteiger partial charge in [-0.15, -0.1) is 4.68 Å². The zero-order valence-corrected chi connectivity index (χ0v) is 23.9. The minimum absolute atomic E-state index is 0.0679. The second kappa shape index (κ2) is 12.6. The van der Waals surface area contributed by atoms with E-state index < -0.39 is 22.5 Å². The van der Waals surface area contributed by atoms with Gasteiger partial charge >= 0.3 is 11.8 Å². The van der Waals surface area contributed by atoms with Crippen LogP contribution in [-0.4, -0.2) is 45.1 Å². The highest BCUT2D eigenvalue weighted by molar-refractivity contribution is 6.13. The average Bonchev–Trinajstić information content (AvgIpc) is 3.25. The van der Waals surface area contributed by atoms with Gasteiger partial charge in [0, 0.05) is 24.0 Å². The molecule has 1 atom stereocenters. The molecule has 41 heavy (non-hydrogen) atoms. The normalized spacial score (nSPS) is 11.9. The molecule has 0 unspecified atom stereocenters. The second-order valence-electron chi connectivity index (χ2n) is 10.6. The predicted octanol–water partition coefficient (Wildman–Crippen LogP) is 5.72. The molecule has 9 heteroatoms. The quantitative estimate of drug-likeness (QED) is 0.107. The van der Waals surface area contributed by atoms with Crippen LogP contribution in [0.4, 0.5) is 5.82 Å². The largest absolute Gasteiger partial charge is 0.497 e. The molecular weight excluding hydrogens is 520 g/mol. The first-order valence-electron chi connectivity index (χ1n) is 13.3. The number of benzene rings is 3. The summed E-state index contributed by atoms with van der Waals surface area (Å²) in [4.78, 5) is 30.4. The smallest absolute Gasteiger partial charge is 0.348 e. The average molecular weight is 555 g/mol. The minimum atomic E-state index is -1.07. The minimum Gasteiger partial charge on any atom is -0.497 e. The summed E-state index contributed by atoms with van der Waals surface area (Å²) in [7, 11) is 3.11. The number of aryl methyl sites for hydroxylation is 1. The topological polar surface area (TPSA) is 109 Å². The van der Waals surface area contributed by atoms with Crippen molar-refractivity contribution in [1.82, 2.24) is 9.78 Å². The highest BCUT2D eigenvalue weighted by Gasteiger charge is 2.33. The molecule has 0 aliphatic carbocycles. The van der Waals surface area contributed by atoms with Crippen molar-refractivity contribution in [3.63, 3.8) is 0 Å². The van der Waals surface area contributed by atoms with Gasteiger partial charge in [0.05, 0.1) is 24.1 Å². The number of aromatic nitrogens is 2. The van der Waals surface area contributed by atoms with Crippen LogP contribution in [0.15, 0.2) is 89.9 Å². The molecule has 4 aromatic rings. The van der Waals surface area contributed by atoms with E-state index in [0.717, 1.165) is 16.7 Å². The molecule has 0 fully saturated rings. The van der Waals surface area contributed by atoms with Gasteiger partial charge < -0.3 is 19.6 Å². The van der Waals surface area contributed by atoms with Crippen LogP contribution in [0.5, 0.6) is 5.75 Å². The van der Waals surface area contributed by atoms with E-state index in [1.807, 2.05) is 84.9 Å². The molecule has 3 aromatic carbocycles. The van der Waals surface area contributed by atoms with E-state index in [-0.39, 0.29) is 12.2 Å². The molecule has 0 aliphatic rings. The lowest BCUT2D eigenvalue weighted by Crippen LogP contribution is -2.33. The summed E-state index contributed by atoms with van der Waals surface area (Å²) < 4.78 is 12.4. The lowest BCUT2D eigenvalue weighted by Gasteiger charge is -2.23. The van der Waals surface area contributed by atoms with Crippen molar-refractivity contribution in [3.8, 4) is 5.75 Å². The van der Waals surface area contributed by atoms with Gasteiger partial charge in [-0.05, 0) is 43.4 Å². The third-order valence-electron chi connectivity index (χ3n) is 6.33. The molecule has 1 heterocycles. The van der Waals surface area contributed by atoms with Crippen molar-refractivity contribution in [2.24, 2.45) is 12.0 Å². The molecule has 0 saturated carbocycles. The number of hydrogen-bond acceptors (Lipinski definition) is 7. The molecule has 0 spiro atoms. The van der Waals surface area contributed by atoms with Crippen molar-refractivity contribution < 1.29 is 19.2 Å². The van der Waals surface area contributed by atoms with Crippen LogP contribution in [0.25, 0.3) is 0 Å². The van der Waals surface area contributed by atoms with E-state index in [9.17, 15) is 14.9 Å². The Morgan fingerprint density at radius 2 is 1.61 bits per heavy atom. The number of nitrogens with zero attached hydrogens (tertiary/aromatic N) is 4. The van der Waals surface area contributed by atoms with Crippen LogP contribution < -0.4 is 4.74 Å². The molecule has 0 N–H and O–H groups in total. The monoisotopic (exact) mass is 554 g/mol. The Morgan fingerprint density at radius 3 is 2.15 bits per heavy atom. The molecule has 4 rings (SSSR count). The number of nitro groups is 1. The van der Waals surface area contributed by atoms with Crippen LogP contribution in [-0.2, 0) is 29.4 Å². The molecule has 9 nitrogen and oxygen atoms in total. The van der Waals surface area contributed by atoms with Crippen molar-refractivity contribution in [2.45, 2.75) is 45.3 Å². The van der Waals surface area contributed by atoms with Gasteiger partial charge in [0.25, 0.3) is 0 Å². The number of rotatable bonds is 10. The summed E-state index contributed by atoms with van der Waals surface area (Å²) in [5, 5.41) is 16.7. The third-order valence-corrected chi connectivity index (χ3v) is 6.33. The Kier molecular flexibility index (Phi) is 8.97. The summed E-state index contributed by atoms with van der Waals surface area (Å²) in [6, 6.07) is 25.4. The third kappa shape index (κ3) is 7.45. The van der Waals surface area contributed by atoms with Gasteiger partial charge in [-0.1, -0.05) is 77.9 Å².